The summed E-state index contributed by atoms with van der Waals surface area (Å²) in [6, 6.07) is 7.50. The summed E-state index contributed by atoms with van der Waals surface area (Å²) in [7, 11) is 0. The number of carbonyl (C=O) groups excluding carboxylic acids is 1. The summed E-state index contributed by atoms with van der Waals surface area (Å²) in [4.78, 5) is 15.8. The largest absolute Gasteiger partial charge is 0.347 e. The average molecular weight is 230 g/mol. The third kappa shape index (κ3) is 2.47. The highest BCUT2D eigenvalue weighted by molar-refractivity contribution is 5.94. The van der Waals surface area contributed by atoms with Crippen molar-refractivity contribution < 1.29 is 9.18 Å². The molecule has 17 heavy (non-hydrogen) atoms. The number of hydrogen-bond donors (Lipinski definition) is 1. The van der Waals surface area contributed by atoms with E-state index in [0.717, 1.165) is 0 Å². The molecule has 0 atom stereocenters. The first-order valence-corrected chi connectivity index (χ1v) is 5.16. The van der Waals surface area contributed by atoms with Gasteiger partial charge in [-0.1, -0.05) is 12.1 Å². The van der Waals surface area contributed by atoms with Crippen molar-refractivity contribution in [2.75, 3.05) is 6.54 Å². The SMILES string of the molecule is C=CCNC(=O)c1ccc2cc(F)ccc2n1. The van der Waals surface area contributed by atoms with Crippen LogP contribution in [0.25, 0.3) is 10.9 Å². The minimum absolute atomic E-state index is 0.267. The second-order valence-corrected chi connectivity index (χ2v) is 3.53. The van der Waals surface area contributed by atoms with Gasteiger partial charge in [0.15, 0.2) is 0 Å². The Morgan fingerprint density at radius 2 is 2.24 bits per heavy atom. The molecule has 0 unspecified atom stereocenters. The molecule has 0 aliphatic heterocycles. The van der Waals surface area contributed by atoms with Crippen LogP contribution in [0.1, 0.15) is 10.5 Å². The number of aromatic nitrogens is 1. The second-order valence-electron chi connectivity index (χ2n) is 3.53. The monoisotopic (exact) mass is 230 g/mol. The van der Waals surface area contributed by atoms with Crippen LogP contribution in [-0.4, -0.2) is 17.4 Å². The molecule has 0 fully saturated rings. The highest BCUT2D eigenvalue weighted by Crippen LogP contribution is 2.13. The van der Waals surface area contributed by atoms with Gasteiger partial charge in [0.1, 0.15) is 11.5 Å². The van der Waals surface area contributed by atoms with Gasteiger partial charge in [0, 0.05) is 11.9 Å². The van der Waals surface area contributed by atoms with Crippen LogP contribution in [0.5, 0.6) is 0 Å². The fraction of sp³-hybridized carbons (Fsp3) is 0.0769. The topological polar surface area (TPSA) is 42.0 Å². The smallest absolute Gasteiger partial charge is 0.270 e. The van der Waals surface area contributed by atoms with E-state index in [1.54, 1.807) is 24.3 Å². The Balaban J connectivity index is 2.34. The van der Waals surface area contributed by atoms with Crippen molar-refractivity contribution in [2.24, 2.45) is 0 Å². The summed E-state index contributed by atoms with van der Waals surface area (Å²) in [5.74, 6) is -0.584. The molecule has 0 saturated heterocycles. The molecule has 2 aromatic rings. The molecule has 0 bridgehead atoms. The van der Waals surface area contributed by atoms with Crippen molar-refractivity contribution in [3.8, 4) is 0 Å². The molecule has 4 heteroatoms. The lowest BCUT2D eigenvalue weighted by Crippen LogP contribution is -2.24. The molecule has 1 amide bonds. The Kier molecular flexibility index (Phi) is 3.14. The Bertz CT molecular complexity index is 581. The van der Waals surface area contributed by atoms with Gasteiger partial charge in [0.2, 0.25) is 0 Å². The van der Waals surface area contributed by atoms with E-state index in [0.29, 0.717) is 23.1 Å². The molecule has 1 heterocycles. The minimum Gasteiger partial charge on any atom is -0.347 e. The Morgan fingerprint density at radius 3 is 3.00 bits per heavy atom. The van der Waals surface area contributed by atoms with Gasteiger partial charge in [-0.15, -0.1) is 6.58 Å². The number of benzene rings is 1. The number of halogens is 1. The molecule has 1 N–H and O–H groups in total. The summed E-state index contributed by atoms with van der Waals surface area (Å²) < 4.78 is 12.9. The molecule has 0 spiro atoms. The normalized spacial score (nSPS) is 10.2. The zero-order chi connectivity index (χ0) is 12.3. The molecule has 1 aromatic carbocycles. The number of hydrogen-bond acceptors (Lipinski definition) is 2. The standard InChI is InChI=1S/C13H11FN2O/c1-2-7-15-13(17)12-5-3-9-8-10(14)4-6-11(9)16-12/h2-6,8H,1,7H2,(H,15,17). The number of nitrogens with one attached hydrogen (secondary N) is 1. The highest BCUT2D eigenvalue weighted by Gasteiger charge is 2.07. The van der Waals surface area contributed by atoms with Gasteiger partial charge < -0.3 is 5.32 Å². The number of amides is 1. The number of rotatable bonds is 3. The van der Waals surface area contributed by atoms with E-state index in [4.69, 9.17) is 0 Å². The van der Waals surface area contributed by atoms with Crippen molar-refractivity contribution in [1.29, 1.82) is 0 Å². The van der Waals surface area contributed by atoms with Gasteiger partial charge in [0.25, 0.3) is 5.91 Å². The van der Waals surface area contributed by atoms with E-state index in [2.05, 4.69) is 16.9 Å². The predicted molar refractivity (Wildman–Crippen MR) is 64.2 cm³/mol. The quantitative estimate of drug-likeness (QED) is 0.822. The summed E-state index contributed by atoms with van der Waals surface area (Å²) in [5.41, 5.74) is 0.906. The van der Waals surface area contributed by atoms with Crippen molar-refractivity contribution in [3.63, 3.8) is 0 Å². The summed E-state index contributed by atoms with van der Waals surface area (Å²) in [5, 5.41) is 3.30. The van der Waals surface area contributed by atoms with Crippen LogP contribution >= 0.6 is 0 Å². The van der Waals surface area contributed by atoms with E-state index in [-0.39, 0.29) is 11.7 Å². The average Bonchev–Trinajstić information content (AvgIpc) is 2.35. The maximum atomic E-state index is 12.9. The molecule has 86 valence electrons. The number of carbonyl (C=O) groups is 1. The zero-order valence-electron chi connectivity index (χ0n) is 9.11. The highest BCUT2D eigenvalue weighted by atomic mass is 19.1. The fourth-order valence-electron chi connectivity index (χ4n) is 1.48. The maximum absolute atomic E-state index is 12.9. The lowest BCUT2D eigenvalue weighted by atomic mass is 10.2. The van der Waals surface area contributed by atoms with Gasteiger partial charge in [-0.3, -0.25) is 4.79 Å². The van der Waals surface area contributed by atoms with Crippen molar-refractivity contribution >= 4 is 16.8 Å². The zero-order valence-corrected chi connectivity index (χ0v) is 9.11. The fourth-order valence-corrected chi connectivity index (χ4v) is 1.48. The maximum Gasteiger partial charge on any atom is 0.270 e. The van der Waals surface area contributed by atoms with Gasteiger partial charge in [-0.2, -0.15) is 0 Å². The molecular weight excluding hydrogens is 219 g/mol. The van der Waals surface area contributed by atoms with Crippen LogP contribution in [-0.2, 0) is 0 Å². The van der Waals surface area contributed by atoms with Crippen molar-refractivity contribution in [3.05, 3.63) is 54.5 Å². The molecular formula is C13H11FN2O. The summed E-state index contributed by atoms with van der Waals surface area (Å²) >= 11 is 0. The third-order valence-corrected chi connectivity index (χ3v) is 2.29. The molecule has 2 rings (SSSR count). The van der Waals surface area contributed by atoms with Gasteiger partial charge in [-0.05, 0) is 24.3 Å². The number of pyridine rings is 1. The van der Waals surface area contributed by atoms with Gasteiger partial charge in [0.05, 0.1) is 5.52 Å². The van der Waals surface area contributed by atoms with Crippen LogP contribution < -0.4 is 5.32 Å². The predicted octanol–water partition coefficient (Wildman–Crippen LogP) is 2.29. The van der Waals surface area contributed by atoms with Crippen LogP contribution in [0.3, 0.4) is 0 Å². The first-order valence-electron chi connectivity index (χ1n) is 5.16. The molecule has 0 aliphatic rings. The number of nitrogens with zero attached hydrogens (tertiary/aromatic N) is 1. The van der Waals surface area contributed by atoms with Crippen LogP contribution in [0.2, 0.25) is 0 Å². The van der Waals surface area contributed by atoms with E-state index in [9.17, 15) is 9.18 Å². The van der Waals surface area contributed by atoms with Crippen LogP contribution in [0, 0.1) is 5.82 Å². The summed E-state index contributed by atoms with van der Waals surface area (Å²) in [6.45, 7) is 3.90. The molecule has 1 aromatic heterocycles. The van der Waals surface area contributed by atoms with Crippen LogP contribution in [0.15, 0.2) is 43.0 Å². The van der Waals surface area contributed by atoms with Crippen molar-refractivity contribution in [2.45, 2.75) is 0 Å². The Hall–Kier alpha value is -2.23. The second kappa shape index (κ2) is 4.74. The first-order chi connectivity index (χ1) is 8.20. The Labute approximate surface area is 98.0 Å². The van der Waals surface area contributed by atoms with Gasteiger partial charge in [-0.25, -0.2) is 9.37 Å². The van der Waals surface area contributed by atoms with E-state index in [1.165, 1.54) is 12.1 Å². The third-order valence-electron chi connectivity index (χ3n) is 2.29. The van der Waals surface area contributed by atoms with Crippen molar-refractivity contribution in [1.82, 2.24) is 10.3 Å². The van der Waals surface area contributed by atoms with Gasteiger partial charge >= 0.3 is 0 Å². The molecule has 0 radical (unpaired) electrons. The molecule has 0 saturated carbocycles. The van der Waals surface area contributed by atoms with E-state index < -0.39 is 0 Å². The van der Waals surface area contributed by atoms with E-state index in [1.807, 2.05) is 0 Å². The first kappa shape index (κ1) is 11.3. The summed E-state index contributed by atoms with van der Waals surface area (Å²) in [6.07, 6.45) is 1.59. The van der Waals surface area contributed by atoms with Crippen LogP contribution in [0.4, 0.5) is 4.39 Å². The minimum atomic E-state index is -0.317. The lowest BCUT2D eigenvalue weighted by molar-refractivity contribution is 0.0953. The van der Waals surface area contributed by atoms with E-state index >= 15 is 0 Å². The Morgan fingerprint density at radius 1 is 1.41 bits per heavy atom. The lowest BCUT2D eigenvalue weighted by Gasteiger charge is -2.03. The molecule has 0 aliphatic carbocycles. The number of fused-ring (bicyclic) bond motifs is 1. The molecule has 3 nitrogen and oxygen atoms in total.